The molecule has 0 saturated heterocycles. The highest BCUT2D eigenvalue weighted by atomic mass is 16.1. The van der Waals surface area contributed by atoms with Gasteiger partial charge in [0, 0.05) is 30.4 Å². The molecule has 2 N–H and O–H groups in total. The lowest BCUT2D eigenvalue weighted by molar-refractivity contribution is 0.102. The Balaban J connectivity index is 1.85. The van der Waals surface area contributed by atoms with Gasteiger partial charge in [0.15, 0.2) is 5.82 Å². The standard InChI is InChI=1S/C23H27N5O/c1-4-17-10-12-19(13-11-17)25-23(29)20-16-21(24-14-15-28(2)3)27-22(26-20)18-8-6-5-7-9-18/h5-13,16H,4,14-15H2,1-3H3,(H,25,29)(H,24,26,27). The fraction of sp³-hybridized carbons (Fsp3) is 0.261. The molecule has 29 heavy (non-hydrogen) atoms. The molecule has 3 rings (SSSR count). The van der Waals surface area contributed by atoms with Crippen LogP contribution in [0.15, 0.2) is 60.7 Å². The van der Waals surface area contributed by atoms with E-state index in [1.54, 1.807) is 6.07 Å². The minimum atomic E-state index is -0.260. The molecular formula is C23H27N5O. The maximum atomic E-state index is 12.8. The van der Waals surface area contributed by atoms with Gasteiger partial charge < -0.3 is 15.5 Å². The van der Waals surface area contributed by atoms with Gasteiger partial charge in [0.1, 0.15) is 11.5 Å². The van der Waals surface area contributed by atoms with Gasteiger partial charge in [-0.05, 0) is 38.2 Å². The Morgan fingerprint density at radius 2 is 1.72 bits per heavy atom. The summed E-state index contributed by atoms with van der Waals surface area (Å²) in [6.45, 7) is 3.68. The molecule has 0 atom stereocenters. The Hall–Kier alpha value is -3.25. The molecule has 0 aliphatic carbocycles. The van der Waals surface area contributed by atoms with E-state index in [1.165, 1.54) is 5.56 Å². The summed E-state index contributed by atoms with van der Waals surface area (Å²) in [5.74, 6) is 0.892. The first-order valence-electron chi connectivity index (χ1n) is 9.78. The number of nitrogens with zero attached hydrogens (tertiary/aromatic N) is 3. The summed E-state index contributed by atoms with van der Waals surface area (Å²) in [5, 5.41) is 6.21. The van der Waals surface area contributed by atoms with Crippen molar-refractivity contribution in [2.45, 2.75) is 13.3 Å². The molecule has 150 valence electrons. The number of carbonyl (C=O) groups excluding carboxylic acids is 1. The van der Waals surface area contributed by atoms with Gasteiger partial charge in [-0.1, -0.05) is 49.4 Å². The van der Waals surface area contributed by atoms with Gasteiger partial charge >= 0.3 is 0 Å². The van der Waals surface area contributed by atoms with Crippen molar-refractivity contribution in [3.63, 3.8) is 0 Å². The van der Waals surface area contributed by atoms with E-state index in [4.69, 9.17) is 0 Å². The van der Waals surface area contributed by atoms with Crippen LogP contribution in [0.4, 0.5) is 11.5 Å². The second kappa shape index (κ2) is 9.80. The van der Waals surface area contributed by atoms with Crippen LogP contribution in [0.3, 0.4) is 0 Å². The topological polar surface area (TPSA) is 70.2 Å². The normalized spacial score (nSPS) is 10.8. The molecule has 1 aromatic heterocycles. The Labute approximate surface area is 172 Å². The van der Waals surface area contributed by atoms with Crippen molar-refractivity contribution in [3.05, 3.63) is 71.9 Å². The zero-order chi connectivity index (χ0) is 20.6. The summed E-state index contributed by atoms with van der Waals surface area (Å²) in [4.78, 5) is 24.0. The predicted octanol–water partition coefficient (Wildman–Crippen LogP) is 3.93. The Bertz CT molecular complexity index is 939. The van der Waals surface area contributed by atoms with Crippen molar-refractivity contribution in [1.82, 2.24) is 14.9 Å². The molecular weight excluding hydrogens is 362 g/mol. The fourth-order valence-corrected chi connectivity index (χ4v) is 2.80. The number of benzene rings is 2. The van der Waals surface area contributed by atoms with Crippen molar-refractivity contribution in [1.29, 1.82) is 0 Å². The molecule has 0 aliphatic rings. The average Bonchev–Trinajstić information content (AvgIpc) is 2.74. The average molecular weight is 390 g/mol. The van der Waals surface area contributed by atoms with E-state index in [-0.39, 0.29) is 5.91 Å². The molecule has 2 aromatic carbocycles. The molecule has 6 nitrogen and oxygen atoms in total. The molecule has 1 heterocycles. The van der Waals surface area contributed by atoms with Crippen molar-refractivity contribution >= 4 is 17.4 Å². The summed E-state index contributed by atoms with van der Waals surface area (Å²) in [6.07, 6.45) is 0.961. The molecule has 3 aromatic rings. The van der Waals surface area contributed by atoms with E-state index in [9.17, 15) is 4.79 Å². The van der Waals surface area contributed by atoms with Crippen LogP contribution in [0.25, 0.3) is 11.4 Å². The molecule has 6 heteroatoms. The van der Waals surface area contributed by atoms with Gasteiger partial charge in [0.05, 0.1) is 0 Å². The van der Waals surface area contributed by atoms with E-state index in [0.717, 1.165) is 30.8 Å². The van der Waals surface area contributed by atoms with E-state index < -0.39 is 0 Å². The molecule has 1 amide bonds. The fourth-order valence-electron chi connectivity index (χ4n) is 2.80. The van der Waals surface area contributed by atoms with Crippen LogP contribution in [0.5, 0.6) is 0 Å². The van der Waals surface area contributed by atoms with E-state index in [1.807, 2.05) is 68.7 Å². The summed E-state index contributed by atoms with van der Waals surface area (Å²) < 4.78 is 0. The summed E-state index contributed by atoms with van der Waals surface area (Å²) in [5.41, 5.74) is 3.16. The second-order valence-electron chi connectivity index (χ2n) is 7.06. The third kappa shape index (κ3) is 5.86. The predicted molar refractivity (Wildman–Crippen MR) is 118 cm³/mol. The molecule has 0 radical (unpaired) electrons. The molecule has 0 saturated carbocycles. The number of hydrogen-bond donors (Lipinski definition) is 2. The Kier molecular flexibility index (Phi) is 6.92. The first-order chi connectivity index (χ1) is 14.0. The third-order valence-electron chi connectivity index (χ3n) is 4.48. The largest absolute Gasteiger partial charge is 0.369 e. The van der Waals surface area contributed by atoms with Gasteiger partial charge in [-0.15, -0.1) is 0 Å². The minimum absolute atomic E-state index is 0.260. The number of hydrogen-bond acceptors (Lipinski definition) is 5. The highest BCUT2D eigenvalue weighted by Gasteiger charge is 2.13. The van der Waals surface area contributed by atoms with Crippen LogP contribution in [0.1, 0.15) is 23.0 Å². The zero-order valence-corrected chi connectivity index (χ0v) is 17.1. The Morgan fingerprint density at radius 1 is 1.00 bits per heavy atom. The highest BCUT2D eigenvalue weighted by Crippen LogP contribution is 2.19. The SMILES string of the molecule is CCc1ccc(NC(=O)c2cc(NCCN(C)C)nc(-c3ccccc3)n2)cc1. The van der Waals surface area contributed by atoms with Gasteiger partial charge in [0.25, 0.3) is 5.91 Å². The number of aromatic nitrogens is 2. The van der Waals surface area contributed by atoms with Crippen molar-refractivity contribution < 1.29 is 4.79 Å². The number of rotatable bonds is 8. The number of amides is 1. The maximum Gasteiger partial charge on any atom is 0.274 e. The van der Waals surface area contributed by atoms with Crippen LogP contribution >= 0.6 is 0 Å². The number of aryl methyl sites for hydroxylation is 1. The van der Waals surface area contributed by atoms with Gasteiger partial charge in [0.2, 0.25) is 0 Å². The summed E-state index contributed by atoms with van der Waals surface area (Å²) in [7, 11) is 4.03. The first kappa shape index (κ1) is 20.5. The molecule has 0 bridgehead atoms. The maximum absolute atomic E-state index is 12.8. The first-order valence-corrected chi connectivity index (χ1v) is 9.78. The van der Waals surface area contributed by atoms with E-state index in [0.29, 0.717) is 17.3 Å². The second-order valence-corrected chi connectivity index (χ2v) is 7.06. The molecule has 0 fully saturated rings. The Morgan fingerprint density at radius 3 is 2.38 bits per heavy atom. The summed E-state index contributed by atoms with van der Waals surface area (Å²) >= 11 is 0. The molecule has 0 spiro atoms. The quantitative estimate of drug-likeness (QED) is 0.611. The van der Waals surface area contributed by atoms with Crippen LogP contribution in [0.2, 0.25) is 0 Å². The minimum Gasteiger partial charge on any atom is -0.369 e. The van der Waals surface area contributed by atoms with Gasteiger partial charge in [-0.2, -0.15) is 0 Å². The lowest BCUT2D eigenvalue weighted by Gasteiger charge is -2.13. The number of likely N-dealkylation sites (N-methyl/N-ethyl adjacent to an activating group) is 1. The van der Waals surface area contributed by atoms with E-state index in [2.05, 4.69) is 32.4 Å². The summed E-state index contributed by atoms with van der Waals surface area (Å²) in [6, 6.07) is 19.2. The lowest BCUT2D eigenvalue weighted by Crippen LogP contribution is -2.22. The van der Waals surface area contributed by atoms with Crippen LogP contribution in [-0.4, -0.2) is 48.0 Å². The smallest absolute Gasteiger partial charge is 0.274 e. The van der Waals surface area contributed by atoms with Crippen LogP contribution in [-0.2, 0) is 6.42 Å². The number of carbonyl (C=O) groups is 1. The highest BCUT2D eigenvalue weighted by molar-refractivity contribution is 6.03. The monoisotopic (exact) mass is 389 g/mol. The van der Waals surface area contributed by atoms with Crippen molar-refractivity contribution in [2.75, 3.05) is 37.8 Å². The van der Waals surface area contributed by atoms with Crippen LogP contribution < -0.4 is 10.6 Å². The molecule has 0 aliphatic heterocycles. The molecule has 0 unspecified atom stereocenters. The van der Waals surface area contributed by atoms with Gasteiger partial charge in [-0.3, -0.25) is 4.79 Å². The van der Waals surface area contributed by atoms with Gasteiger partial charge in [-0.25, -0.2) is 9.97 Å². The zero-order valence-electron chi connectivity index (χ0n) is 17.1. The lowest BCUT2D eigenvalue weighted by atomic mass is 10.1. The third-order valence-corrected chi connectivity index (χ3v) is 4.48. The van der Waals surface area contributed by atoms with Crippen LogP contribution in [0, 0.1) is 0 Å². The van der Waals surface area contributed by atoms with E-state index >= 15 is 0 Å². The number of nitrogens with one attached hydrogen (secondary N) is 2. The van der Waals surface area contributed by atoms with Crippen molar-refractivity contribution in [2.24, 2.45) is 0 Å². The van der Waals surface area contributed by atoms with Crippen molar-refractivity contribution in [3.8, 4) is 11.4 Å². The number of anilines is 2.